The maximum absolute atomic E-state index is 12.0. The van der Waals surface area contributed by atoms with Crippen LogP contribution in [0, 0.1) is 6.92 Å². The lowest BCUT2D eigenvalue weighted by Crippen LogP contribution is -2.15. The number of fused-ring (bicyclic) bond motifs is 1. The summed E-state index contributed by atoms with van der Waals surface area (Å²) < 4.78 is 0. The zero-order valence-corrected chi connectivity index (χ0v) is 13.2. The molecule has 0 aliphatic heterocycles. The van der Waals surface area contributed by atoms with Crippen molar-refractivity contribution in [1.29, 1.82) is 0 Å². The molecule has 3 rings (SSSR count). The minimum atomic E-state index is 0.0404. The van der Waals surface area contributed by atoms with Crippen LogP contribution in [0.5, 0.6) is 0 Å². The van der Waals surface area contributed by atoms with Gasteiger partial charge in [-0.1, -0.05) is 18.7 Å². The van der Waals surface area contributed by atoms with E-state index in [1.165, 1.54) is 11.1 Å². The molecule has 0 atom stereocenters. The van der Waals surface area contributed by atoms with Crippen LogP contribution in [0.25, 0.3) is 0 Å². The summed E-state index contributed by atoms with van der Waals surface area (Å²) >= 11 is 1.59. The predicted octanol–water partition coefficient (Wildman–Crippen LogP) is 2.82. The van der Waals surface area contributed by atoms with Gasteiger partial charge in [0.1, 0.15) is 0 Å². The number of aromatic nitrogens is 3. The number of rotatable bonds is 4. The Hall–Kier alpha value is -1.62. The highest BCUT2D eigenvalue weighted by molar-refractivity contribution is 7.98. The number of nitrogens with one attached hydrogen (secondary N) is 1. The highest BCUT2D eigenvalue weighted by Crippen LogP contribution is 2.25. The SMILES string of the molecule is CCc1nccc(C)c1CSc1nc2c(c(=O)[nH]1)CCC2. The van der Waals surface area contributed by atoms with Crippen LogP contribution in [0.1, 0.15) is 41.4 Å². The third-order valence-electron chi connectivity index (χ3n) is 3.99. The lowest BCUT2D eigenvalue weighted by atomic mass is 10.1. The lowest BCUT2D eigenvalue weighted by molar-refractivity contribution is 0.869. The minimum Gasteiger partial charge on any atom is -0.301 e. The molecule has 2 aromatic rings. The van der Waals surface area contributed by atoms with Gasteiger partial charge in [-0.15, -0.1) is 0 Å². The van der Waals surface area contributed by atoms with Gasteiger partial charge in [-0.25, -0.2) is 4.98 Å². The zero-order chi connectivity index (χ0) is 14.8. The van der Waals surface area contributed by atoms with Crippen LogP contribution >= 0.6 is 11.8 Å². The number of aryl methyl sites for hydroxylation is 3. The number of aromatic amines is 1. The molecule has 0 radical (unpaired) electrons. The van der Waals surface area contributed by atoms with E-state index in [0.717, 1.165) is 53.5 Å². The molecule has 0 aromatic carbocycles. The number of H-pyrrole nitrogens is 1. The van der Waals surface area contributed by atoms with E-state index < -0.39 is 0 Å². The Bertz CT molecular complexity index is 724. The molecule has 5 heteroatoms. The average Bonchev–Trinajstić information content (AvgIpc) is 2.94. The monoisotopic (exact) mass is 301 g/mol. The Morgan fingerprint density at radius 3 is 3.05 bits per heavy atom. The number of hydrogen-bond acceptors (Lipinski definition) is 4. The van der Waals surface area contributed by atoms with Gasteiger partial charge in [0.2, 0.25) is 0 Å². The Morgan fingerprint density at radius 2 is 2.24 bits per heavy atom. The van der Waals surface area contributed by atoms with Crippen molar-refractivity contribution in [2.75, 3.05) is 0 Å². The normalized spacial score (nSPS) is 13.4. The van der Waals surface area contributed by atoms with E-state index in [1.807, 2.05) is 12.3 Å². The number of thioether (sulfide) groups is 1. The van der Waals surface area contributed by atoms with Gasteiger partial charge in [0.05, 0.1) is 5.69 Å². The van der Waals surface area contributed by atoms with Crippen molar-refractivity contribution in [2.24, 2.45) is 0 Å². The second kappa shape index (κ2) is 6.02. The van der Waals surface area contributed by atoms with Gasteiger partial charge in [0.25, 0.3) is 5.56 Å². The van der Waals surface area contributed by atoms with E-state index >= 15 is 0 Å². The molecule has 1 aliphatic rings. The molecule has 0 amide bonds. The molecule has 0 saturated heterocycles. The van der Waals surface area contributed by atoms with Crippen molar-refractivity contribution in [3.05, 3.63) is 50.7 Å². The van der Waals surface area contributed by atoms with Crippen LogP contribution in [0.15, 0.2) is 22.2 Å². The molecule has 0 bridgehead atoms. The highest BCUT2D eigenvalue weighted by atomic mass is 32.2. The average molecular weight is 301 g/mol. The maximum Gasteiger partial charge on any atom is 0.254 e. The van der Waals surface area contributed by atoms with E-state index in [2.05, 4.69) is 28.8 Å². The Balaban J connectivity index is 1.83. The summed E-state index contributed by atoms with van der Waals surface area (Å²) in [6.45, 7) is 4.22. The summed E-state index contributed by atoms with van der Waals surface area (Å²) in [4.78, 5) is 24.0. The molecule has 110 valence electrons. The molecule has 2 heterocycles. The quantitative estimate of drug-likeness (QED) is 0.697. The fraction of sp³-hybridized carbons (Fsp3) is 0.438. The predicted molar refractivity (Wildman–Crippen MR) is 84.8 cm³/mol. The van der Waals surface area contributed by atoms with Crippen LogP contribution in [-0.4, -0.2) is 15.0 Å². The molecule has 4 nitrogen and oxygen atoms in total. The van der Waals surface area contributed by atoms with Gasteiger partial charge in [0.15, 0.2) is 5.16 Å². The van der Waals surface area contributed by atoms with Gasteiger partial charge in [-0.05, 0) is 49.8 Å². The molecule has 2 aromatic heterocycles. The third kappa shape index (κ3) is 2.88. The van der Waals surface area contributed by atoms with Crippen LogP contribution in [0.4, 0.5) is 0 Å². The van der Waals surface area contributed by atoms with Crippen molar-refractivity contribution in [3.8, 4) is 0 Å². The highest BCUT2D eigenvalue weighted by Gasteiger charge is 2.17. The van der Waals surface area contributed by atoms with Crippen molar-refractivity contribution in [2.45, 2.75) is 50.4 Å². The number of pyridine rings is 1. The summed E-state index contributed by atoms with van der Waals surface area (Å²) in [6.07, 6.45) is 5.62. The third-order valence-corrected chi connectivity index (χ3v) is 4.89. The summed E-state index contributed by atoms with van der Waals surface area (Å²) in [7, 11) is 0. The van der Waals surface area contributed by atoms with Gasteiger partial charge < -0.3 is 4.98 Å². The first-order chi connectivity index (χ1) is 10.2. The van der Waals surface area contributed by atoms with Crippen molar-refractivity contribution < 1.29 is 0 Å². The zero-order valence-electron chi connectivity index (χ0n) is 12.4. The summed E-state index contributed by atoms with van der Waals surface area (Å²) in [5.41, 5.74) is 5.54. The van der Waals surface area contributed by atoms with Gasteiger partial charge in [0, 0.05) is 23.2 Å². The summed E-state index contributed by atoms with van der Waals surface area (Å²) in [5, 5.41) is 0.728. The first-order valence-electron chi connectivity index (χ1n) is 7.37. The van der Waals surface area contributed by atoms with Gasteiger partial charge >= 0.3 is 0 Å². The van der Waals surface area contributed by atoms with Crippen molar-refractivity contribution in [3.63, 3.8) is 0 Å². The molecule has 0 unspecified atom stereocenters. The molecule has 1 aliphatic carbocycles. The number of nitrogens with zero attached hydrogens (tertiary/aromatic N) is 2. The van der Waals surface area contributed by atoms with Crippen LogP contribution in [0.3, 0.4) is 0 Å². The Kier molecular flexibility index (Phi) is 4.10. The second-order valence-corrected chi connectivity index (χ2v) is 6.31. The van der Waals surface area contributed by atoms with Crippen molar-refractivity contribution >= 4 is 11.8 Å². The largest absolute Gasteiger partial charge is 0.301 e. The van der Waals surface area contributed by atoms with E-state index in [-0.39, 0.29) is 5.56 Å². The van der Waals surface area contributed by atoms with Crippen LogP contribution in [0.2, 0.25) is 0 Å². The molecule has 0 spiro atoms. The first-order valence-corrected chi connectivity index (χ1v) is 8.35. The summed E-state index contributed by atoms with van der Waals surface area (Å²) in [5.74, 6) is 0.796. The van der Waals surface area contributed by atoms with Crippen molar-refractivity contribution in [1.82, 2.24) is 15.0 Å². The molecule has 1 N–H and O–H groups in total. The standard InChI is InChI=1S/C16H19N3OS/c1-3-13-12(10(2)7-8-17-13)9-21-16-18-14-6-4-5-11(14)15(20)19-16/h7-8H,3-6,9H2,1-2H3,(H,18,19,20). The van der Waals surface area contributed by atoms with E-state index in [0.29, 0.717) is 0 Å². The number of hydrogen-bond donors (Lipinski definition) is 1. The van der Waals surface area contributed by atoms with E-state index in [1.54, 1.807) is 11.8 Å². The molecular weight excluding hydrogens is 282 g/mol. The Morgan fingerprint density at radius 1 is 1.38 bits per heavy atom. The van der Waals surface area contributed by atoms with E-state index in [9.17, 15) is 4.79 Å². The molecule has 21 heavy (non-hydrogen) atoms. The van der Waals surface area contributed by atoms with Crippen LogP contribution in [-0.2, 0) is 25.0 Å². The van der Waals surface area contributed by atoms with Gasteiger partial charge in [-0.2, -0.15) is 0 Å². The summed E-state index contributed by atoms with van der Waals surface area (Å²) in [6, 6.07) is 2.04. The maximum atomic E-state index is 12.0. The lowest BCUT2D eigenvalue weighted by Gasteiger charge is -2.10. The fourth-order valence-electron chi connectivity index (χ4n) is 2.77. The molecule has 0 fully saturated rings. The fourth-order valence-corrected chi connectivity index (χ4v) is 3.79. The first kappa shape index (κ1) is 14.3. The topological polar surface area (TPSA) is 58.6 Å². The van der Waals surface area contributed by atoms with Crippen LogP contribution < -0.4 is 5.56 Å². The second-order valence-electron chi connectivity index (χ2n) is 5.35. The Labute approximate surface area is 128 Å². The molecule has 0 saturated carbocycles. The minimum absolute atomic E-state index is 0.0404. The van der Waals surface area contributed by atoms with Gasteiger partial charge in [-0.3, -0.25) is 9.78 Å². The smallest absolute Gasteiger partial charge is 0.254 e. The van der Waals surface area contributed by atoms with E-state index in [4.69, 9.17) is 0 Å². The molecular formula is C16H19N3OS.